The molecule has 0 fully saturated rings. The van der Waals surface area contributed by atoms with E-state index in [-0.39, 0.29) is 0 Å². The number of hydrogen-bond acceptors (Lipinski definition) is 2. The molecule has 3 nitrogen and oxygen atoms in total. The first kappa shape index (κ1) is 12.7. The standard InChI is InChI=1S/C16H14N2OS/c20-16(18-13-7-2-1-3-8-13)17-11-14-10-12-6-4-5-9-15(12)19-14/h1-10H,11H2,(H2,17,18,20). The number of hydrogen-bond donors (Lipinski definition) is 2. The van der Waals surface area contributed by atoms with E-state index in [2.05, 4.69) is 10.6 Å². The summed E-state index contributed by atoms with van der Waals surface area (Å²) < 4.78 is 5.72. The lowest BCUT2D eigenvalue weighted by Crippen LogP contribution is -2.27. The third-order valence-corrected chi connectivity index (χ3v) is 3.18. The molecule has 0 radical (unpaired) electrons. The normalized spacial score (nSPS) is 10.4. The maximum Gasteiger partial charge on any atom is 0.171 e. The van der Waals surface area contributed by atoms with Crippen molar-refractivity contribution < 1.29 is 4.42 Å². The van der Waals surface area contributed by atoms with Gasteiger partial charge in [0.2, 0.25) is 0 Å². The Bertz CT molecular complexity index is 688. The number of para-hydroxylation sites is 2. The monoisotopic (exact) mass is 282 g/mol. The molecule has 0 saturated heterocycles. The van der Waals surface area contributed by atoms with Gasteiger partial charge in [-0.25, -0.2) is 0 Å². The van der Waals surface area contributed by atoms with Crippen LogP contribution in [0.15, 0.2) is 65.1 Å². The van der Waals surface area contributed by atoms with Gasteiger partial charge in [0.25, 0.3) is 0 Å². The molecule has 1 aromatic heterocycles. The third-order valence-electron chi connectivity index (χ3n) is 2.93. The van der Waals surface area contributed by atoms with Gasteiger partial charge >= 0.3 is 0 Å². The topological polar surface area (TPSA) is 37.2 Å². The molecule has 0 atom stereocenters. The first-order chi connectivity index (χ1) is 9.81. The summed E-state index contributed by atoms with van der Waals surface area (Å²) in [7, 11) is 0. The molecule has 0 spiro atoms. The van der Waals surface area contributed by atoms with Crippen molar-refractivity contribution in [1.82, 2.24) is 5.32 Å². The van der Waals surface area contributed by atoms with Gasteiger partial charge in [-0.3, -0.25) is 0 Å². The molecule has 0 aliphatic carbocycles. The van der Waals surface area contributed by atoms with Gasteiger partial charge in [-0.05, 0) is 36.5 Å². The molecule has 3 rings (SSSR count). The third kappa shape index (κ3) is 2.97. The summed E-state index contributed by atoms with van der Waals surface area (Å²) in [6, 6.07) is 19.8. The van der Waals surface area contributed by atoms with E-state index >= 15 is 0 Å². The Morgan fingerprint density at radius 1 is 1.00 bits per heavy atom. The summed E-state index contributed by atoms with van der Waals surface area (Å²) in [4.78, 5) is 0. The van der Waals surface area contributed by atoms with Crippen molar-refractivity contribution in [2.45, 2.75) is 6.54 Å². The maximum atomic E-state index is 5.72. The van der Waals surface area contributed by atoms with Crippen LogP contribution in [-0.4, -0.2) is 5.11 Å². The van der Waals surface area contributed by atoms with Crippen molar-refractivity contribution in [1.29, 1.82) is 0 Å². The van der Waals surface area contributed by atoms with Gasteiger partial charge in [-0.1, -0.05) is 36.4 Å². The van der Waals surface area contributed by atoms with Gasteiger partial charge in [0, 0.05) is 11.1 Å². The van der Waals surface area contributed by atoms with Crippen LogP contribution in [0.5, 0.6) is 0 Å². The van der Waals surface area contributed by atoms with Crippen LogP contribution in [0, 0.1) is 0 Å². The molecule has 2 aromatic carbocycles. The van der Waals surface area contributed by atoms with Crippen molar-refractivity contribution in [2.24, 2.45) is 0 Å². The average Bonchev–Trinajstić information content (AvgIpc) is 2.89. The fourth-order valence-corrected chi connectivity index (χ4v) is 2.18. The SMILES string of the molecule is S=C(NCc1cc2ccccc2o1)Nc1ccccc1. The average molecular weight is 282 g/mol. The summed E-state index contributed by atoms with van der Waals surface area (Å²) in [6.45, 7) is 0.563. The van der Waals surface area contributed by atoms with E-state index in [1.807, 2.05) is 60.7 Å². The maximum absolute atomic E-state index is 5.72. The van der Waals surface area contributed by atoms with Crippen LogP contribution in [0.1, 0.15) is 5.76 Å². The smallest absolute Gasteiger partial charge is 0.171 e. The molecule has 3 aromatic rings. The zero-order valence-corrected chi connectivity index (χ0v) is 11.6. The Morgan fingerprint density at radius 2 is 1.75 bits per heavy atom. The lowest BCUT2D eigenvalue weighted by molar-refractivity contribution is 0.541. The van der Waals surface area contributed by atoms with E-state index in [0.717, 1.165) is 22.4 Å². The van der Waals surface area contributed by atoms with Gasteiger partial charge in [0.15, 0.2) is 5.11 Å². The zero-order chi connectivity index (χ0) is 13.8. The van der Waals surface area contributed by atoms with Crippen LogP contribution in [0.2, 0.25) is 0 Å². The van der Waals surface area contributed by atoms with Crippen LogP contribution in [0.3, 0.4) is 0 Å². The fraction of sp³-hybridized carbons (Fsp3) is 0.0625. The summed E-state index contributed by atoms with van der Waals surface area (Å²) in [5.41, 5.74) is 1.86. The first-order valence-electron chi connectivity index (χ1n) is 6.38. The van der Waals surface area contributed by atoms with Crippen LogP contribution in [0.4, 0.5) is 5.69 Å². The Hall–Kier alpha value is -2.33. The van der Waals surface area contributed by atoms with E-state index in [0.29, 0.717) is 11.7 Å². The van der Waals surface area contributed by atoms with E-state index in [4.69, 9.17) is 16.6 Å². The Morgan fingerprint density at radius 3 is 2.55 bits per heavy atom. The van der Waals surface area contributed by atoms with Gasteiger partial charge in [0.1, 0.15) is 11.3 Å². The lowest BCUT2D eigenvalue weighted by Gasteiger charge is -2.08. The van der Waals surface area contributed by atoms with Gasteiger partial charge in [-0.15, -0.1) is 0 Å². The second-order valence-corrected chi connectivity index (χ2v) is 4.83. The summed E-state index contributed by atoms with van der Waals surface area (Å²) in [5.74, 6) is 0.864. The Labute approximate surface area is 122 Å². The molecule has 1 heterocycles. The number of anilines is 1. The van der Waals surface area contributed by atoms with Crippen molar-refractivity contribution in [3.63, 3.8) is 0 Å². The molecule has 0 saturated carbocycles. The van der Waals surface area contributed by atoms with Crippen molar-refractivity contribution in [3.05, 3.63) is 66.4 Å². The molecule has 0 unspecified atom stereocenters. The van der Waals surface area contributed by atoms with E-state index in [9.17, 15) is 0 Å². The van der Waals surface area contributed by atoms with Crippen LogP contribution >= 0.6 is 12.2 Å². The number of rotatable bonds is 3. The largest absolute Gasteiger partial charge is 0.459 e. The molecule has 0 aliphatic heterocycles. The summed E-state index contributed by atoms with van der Waals surface area (Å²) in [5, 5.41) is 7.94. The molecule has 0 bridgehead atoms. The highest BCUT2D eigenvalue weighted by Gasteiger charge is 2.03. The Kier molecular flexibility index (Phi) is 3.65. The van der Waals surface area contributed by atoms with Gasteiger partial charge in [0.05, 0.1) is 6.54 Å². The highest BCUT2D eigenvalue weighted by atomic mass is 32.1. The van der Waals surface area contributed by atoms with Gasteiger partial charge < -0.3 is 15.1 Å². The van der Waals surface area contributed by atoms with Crippen molar-refractivity contribution in [3.8, 4) is 0 Å². The number of thiocarbonyl (C=S) groups is 1. The molecular formula is C16H14N2OS. The molecule has 4 heteroatoms. The van der Waals surface area contributed by atoms with Crippen molar-refractivity contribution >= 4 is 34.0 Å². The molecule has 100 valence electrons. The minimum atomic E-state index is 0.563. The predicted molar refractivity (Wildman–Crippen MR) is 85.7 cm³/mol. The van der Waals surface area contributed by atoms with E-state index < -0.39 is 0 Å². The van der Waals surface area contributed by atoms with Crippen LogP contribution in [-0.2, 0) is 6.54 Å². The second kappa shape index (κ2) is 5.75. The molecule has 0 amide bonds. The van der Waals surface area contributed by atoms with Crippen molar-refractivity contribution in [2.75, 3.05) is 5.32 Å². The van der Waals surface area contributed by atoms with Crippen LogP contribution < -0.4 is 10.6 Å². The zero-order valence-electron chi connectivity index (χ0n) is 10.8. The number of benzene rings is 2. The van der Waals surface area contributed by atoms with Crippen LogP contribution in [0.25, 0.3) is 11.0 Å². The molecule has 20 heavy (non-hydrogen) atoms. The summed E-state index contributed by atoms with van der Waals surface area (Å²) >= 11 is 5.25. The summed E-state index contributed by atoms with van der Waals surface area (Å²) in [6.07, 6.45) is 0. The lowest BCUT2D eigenvalue weighted by atomic mass is 10.2. The highest BCUT2D eigenvalue weighted by Crippen LogP contribution is 2.18. The number of fused-ring (bicyclic) bond motifs is 1. The van der Waals surface area contributed by atoms with E-state index in [1.54, 1.807) is 0 Å². The first-order valence-corrected chi connectivity index (χ1v) is 6.79. The minimum absolute atomic E-state index is 0.563. The molecule has 0 aliphatic rings. The van der Waals surface area contributed by atoms with Gasteiger partial charge in [-0.2, -0.15) is 0 Å². The molecular weight excluding hydrogens is 268 g/mol. The minimum Gasteiger partial charge on any atom is -0.459 e. The number of furan rings is 1. The van der Waals surface area contributed by atoms with E-state index in [1.165, 1.54) is 0 Å². The quantitative estimate of drug-likeness (QED) is 0.714. The fourth-order valence-electron chi connectivity index (χ4n) is 1.99. The Balaban J connectivity index is 1.60. The molecule has 2 N–H and O–H groups in total. The predicted octanol–water partition coefficient (Wildman–Crippen LogP) is 3.92. The number of nitrogens with one attached hydrogen (secondary N) is 2. The highest BCUT2D eigenvalue weighted by molar-refractivity contribution is 7.80. The second-order valence-electron chi connectivity index (χ2n) is 4.42.